The van der Waals surface area contributed by atoms with Crippen molar-refractivity contribution in [3.63, 3.8) is 0 Å². The smallest absolute Gasteiger partial charge is 0.339 e. The standard InChI is InChI=1S/C15H22O3.Fe/c1-14(2,3)10-8-7-9(13(17)18)12(16)11(10)15(4,5)6;/h7-8,16H,1-6H3,(H,17,18);. The summed E-state index contributed by atoms with van der Waals surface area (Å²) in [5, 5.41) is 19.3. The SMILES string of the molecule is CC(C)(C)c1ccc(C(=O)O)c(O)c1C(C)(C)C.[Fe]. The normalized spacial score (nSPS) is 11.9. The number of aromatic carboxylic acids is 1. The van der Waals surface area contributed by atoms with Crippen LogP contribution in [0.2, 0.25) is 0 Å². The molecule has 0 aromatic heterocycles. The molecule has 0 radical (unpaired) electrons. The van der Waals surface area contributed by atoms with E-state index in [1.807, 2.05) is 26.8 Å². The fourth-order valence-electron chi connectivity index (χ4n) is 2.15. The van der Waals surface area contributed by atoms with Gasteiger partial charge in [-0.25, -0.2) is 4.79 Å². The minimum absolute atomic E-state index is 0. The van der Waals surface area contributed by atoms with E-state index in [4.69, 9.17) is 5.11 Å². The molecule has 0 saturated carbocycles. The number of benzene rings is 1. The molecule has 2 N–H and O–H groups in total. The van der Waals surface area contributed by atoms with Gasteiger partial charge in [-0.05, 0) is 22.5 Å². The molecular weight excluding hydrogens is 284 g/mol. The molecule has 1 rings (SSSR count). The van der Waals surface area contributed by atoms with Gasteiger partial charge in [-0.15, -0.1) is 0 Å². The van der Waals surface area contributed by atoms with Gasteiger partial charge in [0.15, 0.2) is 0 Å². The maximum absolute atomic E-state index is 11.1. The van der Waals surface area contributed by atoms with Crippen molar-refractivity contribution in [1.29, 1.82) is 0 Å². The molecule has 0 aliphatic heterocycles. The molecule has 0 unspecified atom stereocenters. The van der Waals surface area contributed by atoms with Gasteiger partial charge in [0.1, 0.15) is 11.3 Å². The van der Waals surface area contributed by atoms with Crippen LogP contribution in [0.4, 0.5) is 0 Å². The minimum atomic E-state index is -1.10. The van der Waals surface area contributed by atoms with Crippen molar-refractivity contribution in [2.75, 3.05) is 0 Å². The number of hydrogen-bond acceptors (Lipinski definition) is 2. The monoisotopic (exact) mass is 306 g/mol. The Hall–Kier alpha value is -0.991. The quantitative estimate of drug-likeness (QED) is 0.778. The summed E-state index contributed by atoms with van der Waals surface area (Å²) in [5.74, 6) is -1.21. The molecule has 0 atom stereocenters. The van der Waals surface area contributed by atoms with Gasteiger partial charge in [0, 0.05) is 22.6 Å². The molecule has 0 amide bonds. The number of rotatable bonds is 1. The average molecular weight is 306 g/mol. The molecule has 0 bridgehead atoms. The van der Waals surface area contributed by atoms with E-state index in [9.17, 15) is 9.90 Å². The van der Waals surface area contributed by atoms with Gasteiger partial charge in [-0.2, -0.15) is 0 Å². The third-order valence-corrected chi connectivity index (χ3v) is 2.97. The molecular formula is C15H22FeO3. The molecule has 19 heavy (non-hydrogen) atoms. The first-order valence-corrected chi connectivity index (χ1v) is 6.06. The van der Waals surface area contributed by atoms with Crippen LogP contribution in [0.1, 0.15) is 63.0 Å². The van der Waals surface area contributed by atoms with Crippen molar-refractivity contribution in [3.05, 3.63) is 28.8 Å². The second kappa shape index (κ2) is 5.56. The summed E-state index contributed by atoms with van der Waals surface area (Å²) in [7, 11) is 0. The van der Waals surface area contributed by atoms with Crippen LogP contribution in [0.3, 0.4) is 0 Å². The van der Waals surface area contributed by atoms with Crippen LogP contribution in [0.25, 0.3) is 0 Å². The zero-order chi connectivity index (χ0) is 14.3. The summed E-state index contributed by atoms with van der Waals surface area (Å²) in [4.78, 5) is 11.1. The Kier molecular flexibility index (Phi) is 5.27. The van der Waals surface area contributed by atoms with E-state index in [0.29, 0.717) is 0 Å². The van der Waals surface area contributed by atoms with Crippen molar-refractivity contribution in [1.82, 2.24) is 0 Å². The Morgan fingerprint density at radius 1 is 1.00 bits per heavy atom. The van der Waals surface area contributed by atoms with Crippen LogP contribution >= 0.6 is 0 Å². The molecule has 0 aliphatic carbocycles. The van der Waals surface area contributed by atoms with Crippen molar-refractivity contribution < 1.29 is 32.1 Å². The van der Waals surface area contributed by atoms with Gasteiger partial charge in [0.05, 0.1) is 0 Å². The fourth-order valence-corrected chi connectivity index (χ4v) is 2.15. The summed E-state index contributed by atoms with van der Waals surface area (Å²) >= 11 is 0. The Morgan fingerprint density at radius 3 is 1.79 bits per heavy atom. The molecule has 0 saturated heterocycles. The van der Waals surface area contributed by atoms with E-state index >= 15 is 0 Å². The molecule has 4 heteroatoms. The molecule has 0 spiro atoms. The molecule has 0 aliphatic rings. The largest absolute Gasteiger partial charge is 0.507 e. The van der Waals surface area contributed by atoms with Gasteiger partial charge in [0.25, 0.3) is 0 Å². The molecule has 1 aromatic rings. The third-order valence-electron chi connectivity index (χ3n) is 2.97. The molecule has 108 valence electrons. The summed E-state index contributed by atoms with van der Waals surface area (Å²) in [6.07, 6.45) is 0. The van der Waals surface area contributed by atoms with Crippen LogP contribution in [-0.2, 0) is 27.9 Å². The zero-order valence-electron chi connectivity index (χ0n) is 12.3. The van der Waals surface area contributed by atoms with E-state index in [1.54, 1.807) is 0 Å². The van der Waals surface area contributed by atoms with E-state index in [2.05, 4.69) is 20.8 Å². The number of hydrogen-bond donors (Lipinski definition) is 2. The topological polar surface area (TPSA) is 57.5 Å². The van der Waals surface area contributed by atoms with Crippen LogP contribution in [0.5, 0.6) is 5.75 Å². The predicted molar refractivity (Wildman–Crippen MR) is 72.5 cm³/mol. The van der Waals surface area contributed by atoms with Crippen LogP contribution in [0.15, 0.2) is 12.1 Å². The number of carboxylic acids is 1. The van der Waals surface area contributed by atoms with Crippen molar-refractivity contribution in [2.45, 2.75) is 52.4 Å². The summed E-state index contributed by atoms with van der Waals surface area (Å²) in [6.45, 7) is 12.1. The molecule has 1 aromatic carbocycles. The van der Waals surface area contributed by atoms with Gasteiger partial charge in [-0.3, -0.25) is 0 Å². The van der Waals surface area contributed by atoms with E-state index in [-0.39, 0.29) is 39.2 Å². The third kappa shape index (κ3) is 3.74. The average Bonchev–Trinajstić information content (AvgIpc) is 2.12. The number of carboxylic acid groups (broad SMARTS) is 1. The van der Waals surface area contributed by atoms with Crippen LogP contribution in [0, 0.1) is 0 Å². The zero-order valence-corrected chi connectivity index (χ0v) is 13.4. The van der Waals surface area contributed by atoms with Crippen LogP contribution < -0.4 is 0 Å². The summed E-state index contributed by atoms with van der Waals surface area (Å²) in [6, 6.07) is 3.29. The predicted octanol–water partition coefficient (Wildman–Crippen LogP) is 3.68. The van der Waals surface area contributed by atoms with Gasteiger partial charge >= 0.3 is 5.97 Å². The Labute approximate surface area is 125 Å². The molecule has 3 nitrogen and oxygen atoms in total. The summed E-state index contributed by atoms with van der Waals surface area (Å²) in [5.41, 5.74) is 1.22. The van der Waals surface area contributed by atoms with Crippen molar-refractivity contribution in [2.24, 2.45) is 0 Å². The first-order valence-electron chi connectivity index (χ1n) is 6.06. The first-order chi connectivity index (χ1) is 7.96. The molecule has 0 heterocycles. The van der Waals surface area contributed by atoms with Crippen molar-refractivity contribution >= 4 is 5.97 Å². The Morgan fingerprint density at radius 2 is 1.47 bits per heavy atom. The number of aromatic hydroxyl groups is 1. The van der Waals surface area contributed by atoms with Gasteiger partial charge in [-0.1, -0.05) is 47.6 Å². The first kappa shape index (κ1) is 18.0. The van der Waals surface area contributed by atoms with Gasteiger partial charge in [0.2, 0.25) is 0 Å². The minimum Gasteiger partial charge on any atom is -0.507 e. The maximum Gasteiger partial charge on any atom is 0.339 e. The Balaban J connectivity index is 0.00000324. The summed E-state index contributed by atoms with van der Waals surface area (Å²) < 4.78 is 0. The van der Waals surface area contributed by atoms with Crippen LogP contribution in [-0.4, -0.2) is 16.2 Å². The van der Waals surface area contributed by atoms with E-state index < -0.39 is 5.97 Å². The van der Waals surface area contributed by atoms with Crippen molar-refractivity contribution in [3.8, 4) is 5.75 Å². The fraction of sp³-hybridized carbons (Fsp3) is 0.533. The van der Waals surface area contributed by atoms with Gasteiger partial charge < -0.3 is 10.2 Å². The van der Waals surface area contributed by atoms with E-state index in [1.165, 1.54) is 6.07 Å². The Bertz CT molecular complexity index is 479. The number of phenols is 1. The number of carbonyl (C=O) groups is 1. The second-order valence-corrected chi connectivity index (χ2v) is 6.69. The second-order valence-electron chi connectivity index (χ2n) is 6.69. The molecule has 0 fully saturated rings. The van der Waals surface area contributed by atoms with E-state index in [0.717, 1.165) is 11.1 Å². The maximum atomic E-state index is 11.1.